The maximum Gasteiger partial charge on any atom is 0.338 e. The van der Waals surface area contributed by atoms with Gasteiger partial charge in [0.25, 0.3) is 0 Å². The minimum absolute atomic E-state index is 0.0549. The number of pyridine rings is 1. The summed E-state index contributed by atoms with van der Waals surface area (Å²) >= 11 is 3.57. The number of anilines is 1. The Labute approximate surface area is 197 Å². The Morgan fingerprint density at radius 3 is 2.67 bits per heavy atom. The quantitative estimate of drug-likeness (QED) is 0.513. The Morgan fingerprint density at radius 2 is 2.03 bits per heavy atom. The van der Waals surface area contributed by atoms with E-state index in [4.69, 9.17) is 15.8 Å². The second-order valence-corrected chi connectivity index (χ2v) is 9.20. The first-order chi connectivity index (χ1) is 15.9. The lowest BCUT2D eigenvalue weighted by atomic mass is 9.78. The van der Waals surface area contributed by atoms with Crippen LogP contribution in [0.3, 0.4) is 0 Å². The molecule has 5 rings (SSSR count). The molecule has 3 aromatic heterocycles. The number of nitrogens with zero attached hydrogens (tertiary/aromatic N) is 5. The Kier molecular flexibility index (Phi) is 5.69. The number of hydrogen-bond acceptors (Lipinski definition) is 6. The van der Waals surface area contributed by atoms with E-state index in [1.54, 1.807) is 16.9 Å². The number of alkyl halides is 1. The molecule has 3 N–H and O–H groups in total. The molecule has 1 atom stereocenters. The van der Waals surface area contributed by atoms with E-state index in [1.165, 1.54) is 0 Å². The lowest BCUT2D eigenvalue weighted by Gasteiger charge is -2.29. The fourth-order valence-corrected chi connectivity index (χ4v) is 5.20. The molecule has 0 spiro atoms. The largest absolute Gasteiger partial charge is 0.479 e. The third-order valence-electron chi connectivity index (χ3n) is 6.44. The molecule has 0 amide bonds. The topological polar surface area (TPSA) is 119 Å². The van der Waals surface area contributed by atoms with Gasteiger partial charge in [-0.05, 0) is 47.7 Å². The lowest BCUT2D eigenvalue weighted by Crippen LogP contribution is -2.28. The monoisotopic (exact) mass is 512 g/mol. The fraction of sp³-hybridized carbons (Fsp3) is 0.348. The number of hydrogen-bond donors (Lipinski definition) is 2. The number of carbonyl (C=O) groups is 1. The van der Waals surface area contributed by atoms with Gasteiger partial charge in [-0.1, -0.05) is 12.1 Å². The number of aromatic nitrogens is 4. The van der Waals surface area contributed by atoms with Crippen molar-refractivity contribution in [2.24, 2.45) is 10.9 Å². The van der Waals surface area contributed by atoms with E-state index in [0.29, 0.717) is 41.6 Å². The Hall–Kier alpha value is -3.14. The van der Waals surface area contributed by atoms with E-state index in [0.717, 1.165) is 34.6 Å². The smallest absolute Gasteiger partial charge is 0.338 e. The molecule has 3 aromatic rings. The van der Waals surface area contributed by atoms with Crippen molar-refractivity contribution in [3.05, 3.63) is 46.5 Å². The van der Waals surface area contributed by atoms with Crippen molar-refractivity contribution in [2.75, 3.05) is 5.73 Å². The highest BCUT2D eigenvalue weighted by molar-refractivity contribution is 9.10. The molecule has 1 unspecified atom stereocenters. The van der Waals surface area contributed by atoms with Crippen molar-refractivity contribution in [3.63, 3.8) is 0 Å². The summed E-state index contributed by atoms with van der Waals surface area (Å²) in [6.07, 6.45) is 8.65. The van der Waals surface area contributed by atoms with Crippen LogP contribution in [0.1, 0.15) is 49.4 Å². The van der Waals surface area contributed by atoms with E-state index in [1.807, 2.05) is 24.4 Å². The first-order valence-electron chi connectivity index (χ1n) is 10.8. The summed E-state index contributed by atoms with van der Waals surface area (Å²) in [6, 6.07) is 3.89. The summed E-state index contributed by atoms with van der Waals surface area (Å²) in [7, 11) is 0. The molecule has 0 saturated heterocycles. The van der Waals surface area contributed by atoms with Crippen LogP contribution in [0.15, 0.2) is 40.1 Å². The van der Waals surface area contributed by atoms with Gasteiger partial charge >= 0.3 is 5.97 Å². The highest BCUT2D eigenvalue weighted by Gasteiger charge is 2.34. The molecule has 0 aromatic carbocycles. The zero-order valence-corrected chi connectivity index (χ0v) is 19.2. The van der Waals surface area contributed by atoms with Gasteiger partial charge in [-0.25, -0.2) is 14.2 Å². The van der Waals surface area contributed by atoms with Crippen LogP contribution >= 0.6 is 15.9 Å². The summed E-state index contributed by atoms with van der Waals surface area (Å²) < 4.78 is 16.2. The number of halogens is 2. The lowest BCUT2D eigenvalue weighted by molar-refractivity contribution is -0.145. The van der Waals surface area contributed by atoms with Crippen molar-refractivity contribution in [1.82, 2.24) is 19.6 Å². The molecule has 0 radical (unpaired) electrons. The number of nitrogen functional groups attached to an aromatic ring is 1. The normalized spacial score (nSPS) is 21.3. The van der Waals surface area contributed by atoms with Gasteiger partial charge < -0.3 is 10.8 Å². The third-order valence-corrected chi connectivity index (χ3v) is 7.25. The van der Waals surface area contributed by atoms with Gasteiger partial charge in [0.2, 0.25) is 0 Å². The van der Waals surface area contributed by atoms with Crippen LogP contribution in [0.5, 0.6) is 0 Å². The summed E-state index contributed by atoms with van der Waals surface area (Å²) in [5, 5.41) is 13.4. The molecule has 8 nitrogen and oxygen atoms in total. The van der Waals surface area contributed by atoms with Crippen LogP contribution in [0.2, 0.25) is 0 Å². The van der Waals surface area contributed by atoms with Gasteiger partial charge in [0.15, 0.2) is 11.8 Å². The van der Waals surface area contributed by atoms with E-state index in [9.17, 15) is 9.18 Å². The van der Waals surface area contributed by atoms with Crippen LogP contribution in [-0.2, 0) is 4.79 Å². The number of allylic oxidation sites excluding steroid dienone is 1. The molecule has 1 aliphatic carbocycles. The van der Waals surface area contributed by atoms with E-state index < -0.39 is 18.1 Å². The molecule has 4 heterocycles. The maximum absolute atomic E-state index is 13.9. The average Bonchev–Trinajstić information content (AvgIpc) is 3.51. The van der Waals surface area contributed by atoms with Crippen LogP contribution in [0, 0.1) is 5.92 Å². The minimum Gasteiger partial charge on any atom is -0.479 e. The maximum atomic E-state index is 13.9. The minimum atomic E-state index is -1.82. The van der Waals surface area contributed by atoms with E-state index >= 15 is 0 Å². The summed E-state index contributed by atoms with van der Waals surface area (Å²) in [5.74, 6) is -1.36. The van der Waals surface area contributed by atoms with Crippen molar-refractivity contribution in [3.8, 4) is 11.1 Å². The van der Waals surface area contributed by atoms with Crippen LogP contribution in [0.25, 0.3) is 22.5 Å². The molecule has 1 fully saturated rings. The van der Waals surface area contributed by atoms with Crippen molar-refractivity contribution in [2.45, 2.75) is 44.2 Å². The van der Waals surface area contributed by atoms with E-state index in [-0.39, 0.29) is 5.92 Å². The number of carboxylic acid groups (broad SMARTS) is 1. The second kappa shape index (κ2) is 8.66. The molecule has 170 valence electrons. The summed E-state index contributed by atoms with van der Waals surface area (Å²) in [6.45, 7) is 0. The van der Waals surface area contributed by atoms with Crippen molar-refractivity contribution < 1.29 is 14.3 Å². The molecule has 1 aliphatic heterocycles. The summed E-state index contributed by atoms with van der Waals surface area (Å²) in [4.78, 5) is 24.8. The third kappa shape index (κ3) is 3.92. The SMILES string of the molecule is Nc1c(Br)c(C2CCC(C(F)C(=O)O)CC2)nc2c(-c3ccc(C4=CCC=N4)nc3)cnn12. The predicted molar refractivity (Wildman–Crippen MR) is 127 cm³/mol. The Morgan fingerprint density at radius 1 is 1.24 bits per heavy atom. The number of carboxylic acids is 1. The van der Waals surface area contributed by atoms with Gasteiger partial charge in [-0.3, -0.25) is 9.98 Å². The zero-order chi connectivity index (χ0) is 23.1. The Bertz CT molecular complexity index is 1280. The first-order valence-corrected chi connectivity index (χ1v) is 11.6. The molecule has 33 heavy (non-hydrogen) atoms. The van der Waals surface area contributed by atoms with Gasteiger partial charge in [-0.2, -0.15) is 9.61 Å². The predicted octanol–water partition coefficient (Wildman–Crippen LogP) is 4.65. The molecular formula is C23H22BrFN6O2. The van der Waals surface area contributed by atoms with Crippen LogP contribution in [0.4, 0.5) is 10.2 Å². The molecular weight excluding hydrogens is 491 g/mol. The number of aliphatic imine (C=N–C) groups is 1. The number of aliphatic carboxylic acids is 1. The van der Waals surface area contributed by atoms with Crippen LogP contribution < -0.4 is 5.73 Å². The average molecular weight is 513 g/mol. The fourth-order valence-electron chi connectivity index (χ4n) is 4.62. The molecule has 2 aliphatic rings. The standard InChI is InChI=1S/C23H22BrFN6O2/c24-18-20(13-5-3-12(4-6-13)19(25)23(32)33)30-22-15(11-29-31(22)21(18)26)14-7-8-17(28-10-14)16-2-1-9-27-16/h2,7-13,19H,1,3-6,26H2,(H,32,33). The highest BCUT2D eigenvalue weighted by Crippen LogP contribution is 2.41. The zero-order valence-electron chi connectivity index (χ0n) is 17.7. The van der Waals surface area contributed by atoms with Gasteiger partial charge in [0.1, 0.15) is 5.82 Å². The highest BCUT2D eigenvalue weighted by atomic mass is 79.9. The number of rotatable bonds is 5. The summed E-state index contributed by atoms with van der Waals surface area (Å²) in [5.41, 5.74) is 11.1. The first kappa shape index (κ1) is 21.7. The van der Waals surface area contributed by atoms with E-state index in [2.05, 4.69) is 31.0 Å². The number of nitrogens with two attached hydrogens (primary N) is 1. The molecule has 1 saturated carbocycles. The molecule has 10 heteroatoms. The van der Waals surface area contributed by atoms with Crippen molar-refractivity contribution >= 4 is 45.3 Å². The van der Waals surface area contributed by atoms with Crippen molar-refractivity contribution in [1.29, 1.82) is 0 Å². The Balaban J connectivity index is 1.46. The van der Waals surface area contributed by atoms with Crippen LogP contribution in [-0.4, -0.2) is 43.0 Å². The van der Waals surface area contributed by atoms with Gasteiger partial charge in [0, 0.05) is 41.8 Å². The number of fused-ring (bicyclic) bond motifs is 1. The van der Waals surface area contributed by atoms with Gasteiger partial charge in [-0.15, -0.1) is 0 Å². The van der Waals surface area contributed by atoms with Gasteiger partial charge in [0.05, 0.1) is 27.8 Å². The molecule has 0 bridgehead atoms. The second-order valence-electron chi connectivity index (χ2n) is 8.41.